The Hall–Kier alpha value is -0.960. The van der Waals surface area contributed by atoms with E-state index in [1.165, 1.54) is 18.6 Å². The zero-order chi connectivity index (χ0) is 15.1. The average Bonchev–Trinajstić information content (AvgIpc) is 3.01. The van der Waals surface area contributed by atoms with E-state index in [0.717, 1.165) is 18.1 Å². The van der Waals surface area contributed by atoms with Crippen molar-refractivity contribution in [3.8, 4) is 0 Å². The summed E-state index contributed by atoms with van der Waals surface area (Å²) in [6, 6.07) is 7.31. The largest absolute Gasteiger partial charge is 0.366 e. The van der Waals surface area contributed by atoms with Crippen LogP contribution in [0.25, 0.3) is 0 Å². The second-order valence-corrected chi connectivity index (χ2v) is 6.41. The lowest BCUT2D eigenvalue weighted by Gasteiger charge is -2.15. The molecule has 0 radical (unpaired) electrons. The number of carbonyl (C=O) groups excluding carboxylic acids is 1. The molecule has 1 heterocycles. The Labute approximate surface area is 152 Å². The van der Waals surface area contributed by atoms with Crippen LogP contribution in [0, 0.1) is 0 Å². The number of amides is 1. The number of guanidine groups is 1. The SMILES string of the molecule is CN=C(NCc1cccc(C(N)=O)c1)NCC1CCCS1.I. The van der Waals surface area contributed by atoms with Crippen molar-refractivity contribution in [1.82, 2.24) is 10.6 Å². The van der Waals surface area contributed by atoms with Crippen molar-refractivity contribution in [2.45, 2.75) is 24.6 Å². The Bertz CT molecular complexity index is 518. The van der Waals surface area contributed by atoms with Gasteiger partial charge in [-0.3, -0.25) is 9.79 Å². The fourth-order valence-corrected chi connectivity index (χ4v) is 3.46. The van der Waals surface area contributed by atoms with Gasteiger partial charge in [0.25, 0.3) is 0 Å². The first-order chi connectivity index (χ1) is 10.2. The van der Waals surface area contributed by atoms with Crippen molar-refractivity contribution in [3.63, 3.8) is 0 Å². The fourth-order valence-electron chi connectivity index (χ4n) is 2.26. The zero-order valence-corrected chi connectivity index (χ0v) is 15.8. The molecule has 0 aliphatic carbocycles. The molecule has 1 aliphatic rings. The van der Waals surface area contributed by atoms with Crippen LogP contribution in [0.15, 0.2) is 29.3 Å². The molecule has 1 amide bonds. The number of halogens is 1. The van der Waals surface area contributed by atoms with Gasteiger partial charge in [0, 0.05) is 31.0 Å². The third-order valence-electron chi connectivity index (χ3n) is 3.42. The zero-order valence-electron chi connectivity index (χ0n) is 12.7. The molecule has 22 heavy (non-hydrogen) atoms. The number of thioether (sulfide) groups is 1. The summed E-state index contributed by atoms with van der Waals surface area (Å²) in [5.74, 6) is 1.64. The number of primary amides is 1. The second-order valence-electron chi connectivity index (χ2n) is 5.01. The van der Waals surface area contributed by atoms with Gasteiger partial charge in [0.05, 0.1) is 0 Å². The maximum Gasteiger partial charge on any atom is 0.248 e. The average molecular weight is 434 g/mol. The van der Waals surface area contributed by atoms with Crippen LogP contribution < -0.4 is 16.4 Å². The number of rotatable bonds is 5. The van der Waals surface area contributed by atoms with Crippen LogP contribution in [0.2, 0.25) is 0 Å². The number of nitrogens with one attached hydrogen (secondary N) is 2. The highest BCUT2D eigenvalue weighted by atomic mass is 127. The van der Waals surface area contributed by atoms with Crippen molar-refractivity contribution in [2.75, 3.05) is 19.3 Å². The molecule has 7 heteroatoms. The van der Waals surface area contributed by atoms with Crippen LogP contribution in [-0.4, -0.2) is 36.5 Å². The van der Waals surface area contributed by atoms with Crippen molar-refractivity contribution < 1.29 is 4.79 Å². The minimum atomic E-state index is -0.405. The van der Waals surface area contributed by atoms with Gasteiger partial charge in [0.2, 0.25) is 5.91 Å². The maximum absolute atomic E-state index is 11.2. The normalized spacial score (nSPS) is 17.7. The van der Waals surface area contributed by atoms with E-state index in [9.17, 15) is 4.79 Å². The fraction of sp³-hybridized carbons (Fsp3) is 0.467. The first-order valence-corrected chi connectivity index (χ1v) is 8.19. The third-order valence-corrected chi connectivity index (χ3v) is 4.81. The quantitative estimate of drug-likeness (QED) is 0.376. The highest BCUT2D eigenvalue weighted by Gasteiger charge is 2.15. The molecule has 1 aliphatic heterocycles. The molecule has 0 bridgehead atoms. The van der Waals surface area contributed by atoms with Gasteiger partial charge in [-0.1, -0.05) is 12.1 Å². The summed E-state index contributed by atoms with van der Waals surface area (Å²) in [6.45, 7) is 1.55. The van der Waals surface area contributed by atoms with Crippen LogP contribution in [0.1, 0.15) is 28.8 Å². The number of hydrogen-bond acceptors (Lipinski definition) is 3. The standard InChI is InChI=1S/C15H22N4OS.HI/c1-17-15(19-10-13-6-3-7-21-13)18-9-11-4-2-5-12(8-11)14(16)20;/h2,4-5,8,13H,3,6-7,9-10H2,1H3,(H2,16,20)(H2,17,18,19);1H. The first-order valence-electron chi connectivity index (χ1n) is 7.14. The predicted octanol–water partition coefficient (Wildman–Crippen LogP) is 1.96. The van der Waals surface area contributed by atoms with Gasteiger partial charge in [0.1, 0.15) is 0 Å². The summed E-state index contributed by atoms with van der Waals surface area (Å²) >= 11 is 2.02. The van der Waals surface area contributed by atoms with Gasteiger partial charge in [0.15, 0.2) is 5.96 Å². The number of aliphatic imine (C=N–C) groups is 1. The van der Waals surface area contributed by atoms with Crippen LogP contribution in [0.4, 0.5) is 0 Å². The number of nitrogens with two attached hydrogens (primary N) is 1. The van der Waals surface area contributed by atoms with Gasteiger partial charge in [-0.15, -0.1) is 24.0 Å². The van der Waals surface area contributed by atoms with E-state index in [0.29, 0.717) is 17.4 Å². The number of nitrogens with zero attached hydrogens (tertiary/aromatic N) is 1. The molecule has 1 aromatic carbocycles. The lowest BCUT2D eigenvalue weighted by molar-refractivity contribution is 0.1000. The van der Waals surface area contributed by atoms with E-state index in [1.807, 2.05) is 23.9 Å². The Morgan fingerprint density at radius 1 is 1.45 bits per heavy atom. The summed E-state index contributed by atoms with van der Waals surface area (Å²) in [6.07, 6.45) is 2.58. The highest BCUT2D eigenvalue weighted by Crippen LogP contribution is 2.25. The molecule has 1 fully saturated rings. The van der Waals surface area contributed by atoms with Crippen LogP contribution in [0.5, 0.6) is 0 Å². The van der Waals surface area contributed by atoms with Gasteiger partial charge in [-0.05, 0) is 36.3 Å². The van der Waals surface area contributed by atoms with E-state index < -0.39 is 5.91 Å². The van der Waals surface area contributed by atoms with E-state index in [-0.39, 0.29) is 24.0 Å². The first kappa shape index (κ1) is 19.1. The van der Waals surface area contributed by atoms with Crippen molar-refractivity contribution in [1.29, 1.82) is 0 Å². The Kier molecular flexibility index (Phi) is 8.62. The van der Waals surface area contributed by atoms with Gasteiger partial charge in [-0.2, -0.15) is 11.8 Å². The monoisotopic (exact) mass is 434 g/mol. The lowest BCUT2D eigenvalue weighted by Crippen LogP contribution is -2.39. The van der Waals surface area contributed by atoms with Gasteiger partial charge in [-0.25, -0.2) is 0 Å². The number of carbonyl (C=O) groups is 1. The molecule has 2 rings (SSSR count). The summed E-state index contributed by atoms with van der Waals surface area (Å²) in [7, 11) is 1.76. The van der Waals surface area contributed by atoms with Crippen molar-refractivity contribution in [2.24, 2.45) is 10.7 Å². The van der Waals surface area contributed by atoms with Crippen molar-refractivity contribution >= 4 is 47.6 Å². The molecular weight excluding hydrogens is 411 g/mol. The molecule has 5 nitrogen and oxygen atoms in total. The maximum atomic E-state index is 11.2. The molecule has 1 unspecified atom stereocenters. The van der Waals surface area contributed by atoms with E-state index in [4.69, 9.17) is 5.73 Å². The molecule has 0 aromatic heterocycles. The molecule has 0 saturated carbocycles. The van der Waals surface area contributed by atoms with E-state index >= 15 is 0 Å². The summed E-state index contributed by atoms with van der Waals surface area (Å²) in [4.78, 5) is 15.4. The number of hydrogen-bond donors (Lipinski definition) is 3. The molecule has 1 aromatic rings. The molecule has 1 saturated heterocycles. The van der Waals surface area contributed by atoms with E-state index in [1.54, 1.807) is 19.2 Å². The Balaban J connectivity index is 0.00000242. The highest BCUT2D eigenvalue weighted by molar-refractivity contribution is 14.0. The molecule has 4 N–H and O–H groups in total. The molecule has 1 atom stereocenters. The summed E-state index contributed by atoms with van der Waals surface area (Å²) in [5.41, 5.74) is 6.82. The van der Waals surface area contributed by atoms with Crippen LogP contribution in [-0.2, 0) is 6.54 Å². The van der Waals surface area contributed by atoms with Crippen LogP contribution in [0.3, 0.4) is 0 Å². The smallest absolute Gasteiger partial charge is 0.248 e. The van der Waals surface area contributed by atoms with Crippen LogP contribution >= 0.6 is 35.7 Å². The molecule has 122 valence electrons. The minimum absolute atomic E-state index is 0. The number of benzene rings is 1. The van der Waals surface area contributed by atoms with E-state index in [2.05, 4.69) is 15.6 Å². The predicted molar refractivity (Wildman–Crippen MR) is 104 cm³/mol. The summed E-state index contributed by atoms with van der Waals surface area (Å²) in [5, 5.41) is 7.28. The Morgan fingerprint density at radius 3 is 2.91 bits per heavy atom. The Morgan fingerprint density at radius 2 is 2.27 bits per heavy atom. The molecular formula is C15H23IN4OS. The van der Waals surface area contributed by atoms with Gasteiger partial charge < -0.3 is 16.4 Å². The van der Waals surface area contributed by atoms with Crippen molar-refractivity contribution in [3.05, 3.63) is 35.4 Å². The minimum Gasteiger partial charge on any atom is -0.366 e. The topological polar surface area (TPSA) is 79.5 Å². The third kappa shape index (κ3) is 6.04. The summed E-state index contributed by atoms with van der Waals surface area (Å²) < 4.78 is 0. The molecule has 0 spiro atoms. The lowest BCUT2D eigenvalue weighted by atomic mass is 10.1. The van der Waals surface area contributed by atoms with Gasteiger partial charge >= 0.3 is 0 Å². The second kappa shape index (κ2) is 9.94.